The van der Waals surface area contributed by atoms with Crippen molar-refractivity contribution >= 4 is 33.4 Å². The lowest BCUT2D eigenvalue weighted by atomic mass is 10.1. The predicted molar refractivity (Wildman–Crippen MR) is 92.1 cm³/mol. The normalized spacial score (nSPS) is 10.7. The first-order valence-electron chi connectivity index (χ1n) is 7.27. The second kappa shape index (κ2) is 7.41. The summed E-state index contributed by atoms with van der Waals surface area (Å²) in [5, 5.41) is 12.3. The standard InChI is InChI=1S/C16H19BrN4O2/c1-9(2)15(22)19-12-6-4-11(5-7-12)8-18-16(23)14-13(17)10(3)20-21-14/h4-7,9H,8H2,1-3H3,(H,18,23)(H,19,22)(H,20,21). The summed E-state index contributed by atoms with van der Waals surface area (Å²) in [5.74, 6) is -0.340. The van der Waals surface area contributed by atoms with Gasteiger partial charge in [0.15, 0.2) is 5.69 Å². The molecule has 2 aromatic rings. The molecule has 122 valence electrons. The van der Waals surface area contributed by atoms with Crippen LogP contribution in [0.1, 0.15) is 35.6 Å². The molecule has 0 fully saturated rings. The molecular weight excluding hydrogens is 360 g/mol. The Kier molecular flexibility index (Phi) is 5.54. The number of benzene rings is 1. The number of hydrogen-bond acceptors (Lipinski definition) is 3. The van der Waals surface area contributed by atoms with E-state index >= 15 is 0 Å². The number of carbonyl (C=O) groups is 2. The summed E-state index contributed by atoms with van der Waals surface area (Å²) in [6.07, 6.45) is 0. The summed E-state index contributed by atoms with van der Waals surface area (Å²) in [6, 6.07) is 7.36. The highest BCUT2D eigenvalue weighted by molar-refractivity contribution is 9.10. The number of rotatable bonds is 5. The molecule has 2 amide bonds. The lowest BCUT2D eigenvalue weighted by Gasteiger charge is -2.09. The van der Waals surface area contributed by atoms with Gasteiger partial charge >= 0.3 is 0 Å². The van der Waals surface area contributed by atoms with Crippen molar-refractivity contribution in [3.63, 3.8) is 0 Å². The molecule has 23 heavy (non-hydrogen) atoms. The van der Waals surface area contributed by atoms with Gasteiger partial charge in [-0.2, -0.15) is 5.10 Å². The summed E-state index contributed by atoms with van der Waals surface area (Å²) in [7, 11) is 0. The SMILES string of the molecule is Cc1[nH]nc(C(=O)NCc2ccc(NC(=O)C(C)C)cc2)c1Br. The Morgan fingerprint density at radius 2 is 1.91 bits per heavy atom. The van der Waals surface area contributed by atoms with Crippen LogP contribution in [0.3, 0.4) is 0 Å². The van der Waals surface area contributed by atoms with E-state index in [1.54, 1.807) is 0 Å². The fourth-order valence-corrected chi connectivity index (χ4v) is 2.18. The van der Waals surface area contributed by atoms with Crippen molar-refractivity contribution in [1.82, 2.24) is 15.5 Å². The van der Waals surface area contributed by atoms with Crippen LogP contribution in [0.15, 0.2) is 28.7 Å². The van der Waals surface area contributed by atoms with Crippen LogP contribution in [0.5, 0.6) is 0 Å². The molecule has 7 heteroatoms. The van der Waals surface area contributed by atoms with E-state index in [2.05, 4.69) is 36.8 Å². The molecule has 0 radical (unpaired) electrons. The molecule has 0 bridgehead atoms. The molecule has 3 N–H and O–H groups in total. The average molecular weight is 379 g/mol. The molecule has 0 saturated heterocycles. The van der Waals surface area contributed by atoms with E-state index in [0.717, 1.165) is 16.9 Å². The largest absolute Gasteiger partial charge is 0.347 e. The van der Waals surface area contributed by atoms with Crippen LogP contribution in [-0.2, 0) is 11.3 Å². The lowest BCUT2D eigenvalue weighted by molar-refractivity contribution is -0.118. The molecule has 2 rings (SSSR count). The topological polar surface area (TPSA) is 86.9 Å². The van der Waals surface area contributed by atoms with Crippen LogP contribution in [-0.4, -0.2) is 22.0 Å². The van der Waals surface area contributed by atoms with E-state index in [1.165, 1.54) is 0 Å². The highest BCUT2D eigenvalue weighted by Crippen LogP contribution is 2.18. The Morgan fingerprint density at radius 1 is 1.26 bits per heavy atom. The molecule has 1 aromatic heterocycles. The number of aromatic nitrogens is 2. The van der Waals surface area contributed by atoms with E-state index < -0.39 is 0 Å². The van der Waals surface area contributed by atoms with Crippen LogP contribution in [0.4, 0.5) is 5.69 Å². The van der Waals surface area contributed by atoms with Crippen LogP contribution < -0.4 is 10.6 Å². The number of anilines is 1. The number of nitrogens with one attached hydrogen (secondary N) is 3. The number of H-pyrrole nitrogens is 1. The molecule has 1 heterocycles. The summed E-state index contributed by atoms with van der Waals surface area (Å²) in [6.45, 7) is 5.90. The maximum atomic E-state index is 12.1. The monoisotopic (exact) mass is 378 g/mol. The molecule has 0 aliphatic heterocycles. The van der Waals surface area contributed by atoms with Gasteiger partial charge in [0.25, 0.3) is 5.91 Å². The van der Waals surface area contributed by atoms with Crippen LogP contribution in [0, 0.1) is 12.8 Å². The minimum atomic E-state index is -0.251. The third-order valence-electron chi connectivity index (χ3n) is 3.29. The number of amides is 2. The Labute approximate surface area is 143 Å². The second-order valence-electron chi connectivity index (χ2n) is 5.53. The highest BCUT2D eigenvalue weighted by Gasteiger charge is 2.15. The summed E-state index contributed by atoms with van der Waals surface area (Å²) >= 11 is 3.33. The zero-order valence-corrected chi connectivity index (χ0v) is 14.8. The molecule has 0 atom stereocenters. The average Bonchev–Trinajstić information content (AvgIpc) is 2.86. The van der Waals surface area contributed by atoms with Gasteiger partial charge in [0.1, 0.15) is 0 Å². The fraction of sp³-hybridized carbons (Fsp3) is 0.312. The third-order valence-corrected chi connectivity index (χ3v) is 4.26. The first-order chi connectivity index (χ1) is 10.9. The van der Waals surface area contributed by atoms with Crippen molar-refractivity contribution in [2.24, 2.45) is 5.92 Å². The van der Waals surface area contributed by atoms with Gasteiger partial charge in [0, 0.05) is 23.8 Å². The molecular formula is C16H19BrN4O2. The Bertz CT molecular complexity index is 707. The molecule has 0 spiro atoms. The fourth-order valence-electron chi connectivity index (χ4n) is 1.82. The number of aromatic amines is 1. The van der Waals surface area contributed by atoms with E-state index in [1.807, 2.05) is 45.0 Å². The van der Waals surface area contributed by atoms with E-state index in [0.29, 0.717) is 16.7 Å². The van der Waals surface area contributed by atoms with Gasteiger partial charge in [-0.05, 0) is 40.5 Å². The van der Waals surface area contributed by atoms with E-state index in [-0.39, 0.29) is 17.7 Å². The van der Waals surface area contributed by atoms with Crippen molar-refractivity contribution in [3.05, 3.63) is 45.7 Å². The highest BCUT2D eigenvalue weighted by atomic mass is 79.9. The molecule has 0 aliphatic carbocycles. The van der Waals surface area contributed by atoms with Gasteiger partial charge in [0.05, 0.1) is 4.47 Å². The number of aryl methyl sites for hydroxylation is 1. The van der Waals surface area contributed by atoms with Crippen molar-refractivity contribution in [2.45, 2.75) is 27.3 Å². The molecule has 0 aliphatic rings. The minimum Gasteiger partial charge on any atom is -0.347 e. The zero-order valence-electron chi connectivity index (χ0n) is 13.2. The van der Waals surface area contributed by atoms with Crippen molar-refractivity contribution in [3.8, 4) is 0 Å². The number of carbonyl (C=O) groups excluding carboxylic acids is 2. The lowest BCUT2D eigenvalue weighted by Crippen LogP contribution is -2.23. The van der Waals surface area contributed by atoms with Gasteiger partial charge in [-0.15, -0.1) is 0 Å². The quantitative estimate of drug-likeness (QED) is 0.747. The summed E-state index contributed by atoms with van der Waals surface area (Å²) in [4.78, 5) is 23.7. The Hall–Kier alpha value is -2.15. The van der Waals surface area contributed by atoms with Gasteiger partial charge in [-0.1, -0.05) is 26.0 Å². The van der Waals surface area contributed by atoms with E-state index in [9.17, 15) is 9.59 Å². The van der Waals surface area contributed by atoms with Crippen LogP contribution in [0.2, 0.25) is 0 Å². The summed E-state index contributed by atoms with van der Waals surface area (Å²) < 4.78 is 0.668. The summed E-state index contributed by atoms with van der Waals surface area (Å²) in [5.41, 5.74) is 2.82. The van der Waals surface area contributed by atoms with Crippen molar-refractivity contribution < 1.29 is 9.59 Å². The molecule has 0 saturated carbocycles. The van der Waals surface area contributed by atoms with Gasteiger partial charge in [-0.25, -0.2) is 0 Å². The molecule has 6 nitrogen and oxygen atoms in total. The maximum Gasteiger partial charge on any atom is 0.273 e. The first kappa shape index (κ1) is 17.2. The first-order valence-corrected chi connectivity index (χ1v) is 8.06. The third kappa shape index (κ3) is 4.41. The van der Waals surface area contributed by atoms with Crippen LogP contribution in [0.25, 0.3) is 0 Å². The number of hydrogen-bond donors (Lipinski definition) is 3. The Morgan fingerprint density at radius 3 is 2.43 bits per heavy atom. The maximum absolute atomic E-state index is 12.1. The molecule has 0 unspecified atom stereocenters. The van der Waals surface area contributed by atoms with Gasteiger partial charge in [0.2, 0.25) is 5.91 Å². The minimum absolute atomic E-state index is 0.0233. The van der Waals surface area contributed by atoms with E-state index in [4.69, 9.17) is 0 Å². The second-order valence-corrected chi connectivity index (χ2v) is 6.33. The van der Waals surface area contributed by atoms with Gasteiger partial charge in [-0.3, -0.25) is 14.7 Å². The smallest absolute Gasteiger partial charge is 0.273 e. The number of halogens is 1. The van der Waals surface area contributed by atoms with Crippen LogP contribution >= 0.6 is 15.9 Å². The molecule has 1 aromatic carbocycles. The van der Waals surface area contributed by atoms with Crippen molar-refractivity contribution in [1.29, 1.82) is 0 Å². The van der Waals surface area contributed by atoms with Crippen molar-refractivity contribution in [2.75, 3.05) is 5.32 Å². The van der Waals surface area contributed by atoms with Gasteiger partial charge < -0.3 is 10.6 Å². The number of nitrogens with zero attached hydrogens (tertiary/aromatic N) is 1. The predicted octanol–water partition coefficient (Wildman–Crippen LogP) is 3.01. The zero-order chi connectivity index (χ0) is 17.0. The Balaban J connectivity index is 1.92.